The average molecular weight is 490 g/mol. The molecule has 1 N–H and O–H groups in total. The lowest BCUT2D eigenvalue weighted by Crippen LogP contribution is -2.28. The molecule has 0 aliphatic carbocycles. The Labute approximate surface area is 210 Å². The summed E-state index contributed by atoms with van der Waals surface area (Å²) in [6, 6.07) is 16.4. The lowest BCUT2D eigenvalue weighted by molar-refractivity contribution is -0.140. The van der Waals surface area contributed by atoms with Gasteiger partial charge in [-0.25, -0.2) is 0 Å². The van der Waals surface area contributed by atoms with Crippen LogP contribution in [0.15, 0.2) is 65.6 Å². The monoisotopic (exact) mass is 489 g/mol. The van der Waals surface area contributed by atoms with Gasteiger partial charge in [0.2, 0.25) is 0 Å². The second kappa shape index (κ2) is 9.70. The van der Waals surface area contributed by atoms with E-state index in [1.807, 2.05) is 67.8 Å². The summed E-state index contributed by atoms with van der Waals surface area (Å²) in [6.45, 7) is 10.9. The summed E-state index contributed by atoms with van der Waals surface area (Å²) < 4.78 is 5.82. The molecule has 1 atom stereocenters. The first-order chi connectivity index (χ1) is 16.6. The highest BCUT2D eigenvalue weighted by molar-refractivity contribution is 7.09. The number of ether oxygens (including phenoxy) is 1. The minimum atomic E-state index is -0.679. The van der Waals surface area contributed by atoms with Crippen molar-refractivity contribution in [2.24, 2.45) is 0 Å². The van der Waals surface area contributed by atoms with Gasteiger partial charge in [0.1, 0.15) is 11.5 Å². The van der Waals surface area contributed by atoms with Crippen LogP contribution in [0.2, 0.25) is 0 Å². The lowest BCUT2D eigenvalue weighted by Gasteiger charge is -2.26. The molecule has 1 amide bonds. The number of likely N-dealkylation sites (tertiary alicyclic amines) is 1. The van der Waals surface area contributed by atoms with Crippen molar-refractivity contribution in [3.63, 3.8) is 0 Å². The number of aryl methyl sites for hydroxylation is 1. The Morgan fingerprint density at radius 1 is 1.09 bits per heavy atom. The maximum Gasteiger partial charge on any atom is 0.295 e. The molecule has 0 saturated carbocycles. The molecule has 0 bridgehead atoms. The molecule has 6 heteroatoms. The van der Waals surface area contributed by atoms with E-state index < -0.39 is 17.7 Å². The van der Waals surface area contributed by atoms with Crippen LogP contribution in [-0.4, -0.2) is 28.3 Å². The van der Waals surface area contributed by atoms with E-state index >= 15 is 0 Å². The number of Topliss-reactive ketones (excluding diaryl/α,β-unsaturated/α-hetero) is 1. The topological polar surface area (TPSA) is 66.8 Å². The summed E-state index contributed by atoms with van der Waals surface area (Å²) in [4.78, 5) is 29.1. The average Bonchev–Trinajstić information content (AvgIpc) is 3.41. The Morgan fingerprint density at radius 2 is 1.86 bits per heavy atom. The van der Waals surface area contributed by atoms with E-state index in [-0.39, 0.29) is 16.7 Å². The fourth-order valence-electron chi connectivity index (χ4n) is 4.50. The van der Waals surface area contributed by atoms with Gasteiger partial charge >= 0.3 is 0 Å². The molecule has 3 aromatic rings. The molecule has 0 spiro atoms. The maximum atomic E-state index is 13.3. The van der Waals surface area contributed by atoms with E-state index in [4.69, 9.17) is 4.74 Å². The van der Waals surface area contributed by atoms with Crippen LogP contribution in [-0.2, 0) is 21.5 Å². The molecule has 1 aliphatic rings. The zero-order valence-corrected chi connectivity index (χ0v) is 21.6. The molecule has 1 aromatic heterocycles. The van der Waals surface area contributed by atoms with Crippen LogP contribution in [0.4, 0.5) is 0 Å². The Morgan fingerprint density at radius 3 is 2.49 bits per heavy atom. The van der Waals surface area contributed by atoms with Crippen molar-refractivity contribution in [3.05, 3.63) is 92.7 Å². The number of carbonyl (C=O) groups excluding carboxylic acids is 2. The number of benzene rings is 2. The minimum Gasteiger partial charge on any atom is -0.507 e. The number of rotatable bonds is 6. The van der Waals surface area contributed by atoms with Crippen LogP contribution in [0, 0.1) is 6.92 Å². The normalized spacial score (nSPS) is 17.7. The maximum absolute atomic E-state index is 13.3. The highest BCUT2D eigenvalue weighted by Gasteiger charge is 2.46. The Kier molecular flexibility index (Phi) is 6.86. The van der Waals surface area contributed by atoms with Gasteiger partial charge in [0.05, 0.1) is 24.8 Å². The van der Waals surface area contributed by atoms with Gasteiger partial charge in [-0.1, -0.05) is 56.7 Å². The molecular formula is C29H31NO4S. The summed E-state index contributed by atoms with van der Waals surface area (Å²) in [5.74, 6) is -0.702. The van der Waals surface area contributed by atoms with Crippen LogP contribution in [0.25, 0.3) is 5.76 Å². The standard InChI is InChI=1S/C29H31NO4S/c1-6-34-23-13-12-20(16-22(23)29(3,4)5)26(31)24-25(19-10-7-9-18(2)15-19)30(28(33)27(24)32)17-21-11-8-14-35-21/h7-16,25,31H,6,17H2,1-5H3/b26-24-. The van der Waals surface area contributed by atoms with Gasteiger partial charge in [-0.3, -0.25) is 9.59 Å². The smallest absolute Gasteiger partial charge is 0.295 e. The quantitative estimate of drug-likeness (QED) is 0.248. The lowest BCUT2D eigenvalue weighted by atomic mass is 9.84. The second-order valence-corrected chi connectivity index (χ2v) is 10.8. The molecule has 2 aromatic carbocycles. The fourth-order valence-corrected chi connectivity index (χ4v) is 5.20. The largest absolute Gasteiger partial charge is 0.507 e. The highest BCUT2D eigenvalue weighted by Crippen LogP contribution is 2.42. The highest BCUT2D eigenvalue weighted by atomic mass is 32.1. The van der Waals surface area contributed by atoms with Crippen molar-refractivity contribution in [3.8, 4) is 5.75 Å². The molecule has 2 heterocycles. The summed E-state index contributed by atoms with van der Waals surface area (Å²) in [5.41, 5.74) is 3.08. The van der Waals surface area contributed by atoms with Crippen molar-refractivity contribution in [1.29, 1.82) is 0 Å². The van der Waals surface area contributed by atoms with Gasteiger partial charge < -0.3 is 14.7 Å². The summed E-state index contributed by atoms with van der Waals surface area (Å²) in [7, 11) is 0. The van der Waals surface area contributed by atoms with Gasteiger partial charge in [0, 0.05) is 16.0 Å². The van der Waals surface area contributed by atoms with E-state index in [0.717, 1.165) is 27.3 Å². The Hall–Kier alpha value is -3.38. The number of amides is 1. The van der Waals surface area contributed by atoms with E-state index in [9.17, 15) is 14.7 Å². The fraction of sp³-hybridized carbons (Fsp3) is 0.310. The predicted octanol–water partition coefficient (Wildman–Crippen LogP) is 6.37. The molecule has 0 radical (unpaired) electrons. The van der Waals surface area contributed by atoms with Crippen molar-refractivity contribution in [1.82, 2.24) is 4.90 Å². The van der Waals surface area contributed by atoms with Crippen molar-refractivity contribution < 1.29 is 19.4 Å². The summed E-state index contributed by atoms with van der Waals surface area (Å²) >= 11 is 1.53. The number of hydrogen-bond donors (Lipinski definition) is 1. The van der Waals surface area contributed by atoms with Crippen LogP contribution in [0.5, 0.6) is 5.75 Å². The minimum absolute atomic E-state index is 0.112. The van der Waals surface area contributed by atoms with Crippen molar-refractivity contribution in [2.75, 3.05) is 6.61 Å². The SMILES string of the molecule is CCOc1ccc(/C(O)=C2/C(=O)C(=O)N(Cc3cccs3)C2c2cccc(C)c2)cc1C(C)(C)C. The number of ketones is 1. The molecule has 1 aliphatic heterocycles. The zero-order valence-electron chi connectivity index (χ0n) is 20.8. The molecule has 35 heavy (non-hydrogen) atoms. The number of aliphatic hydroxyl groups is 1. The third-order valence-electron chi connectivity index (χ3n) is 6.16. The number of thiophene rings is 1. The zero-order chi connectivity index (χ0) is 25.3. The van der Waals surface area contributed by atoms with Crippen LogP contribution in [0.3, 0.4) is 0 Å². The van der Waals surface area contributed by atoms with E-state index in [2.05, 4.69) is 20.8 Å². The van der Waals surface area contributed by atoms with Gasteiger partial charge in [-0.2, -0.15) is 0 Å². The third-order valence-corrected chi connectivity index (χ3v) is 7.03. The second-order valence-electron chi connectivity index (χ2n) is 9.81. The first-order valence-electron chi connectivity index (χ1n) is 11.8. The van der Waals surface area contributed by atoms with Crippen molar-refractivity contribution >= 4 is 28.8 Å². The molecule has 1 unspecified atom stereocenters. The van der Waals surface area contributed by atoms with Gasteiger partial charge in [-0.15, -0.1) is 11.3 Å². The first kappa shape index (κ1) is 24.7. The van der Waals surface area contributed by atoms with Crippen LogP contribution in [0.1, 0.15) is 60.9 Å². The van der Waals surface area contributed by atoms with E-state index in [1.165, 1.54) is 11.3 Å². The number of aliphatic hydroxyl groups excluding tert-OH is 1. The molecule has 4 rings (SSSR count). The molecule has 1 fully saturated rings. The number of carbonyl (C=O) groups is 2. The van der Waals surface area contributed by atoms with Crippen LogP contribution >= 0.6 is 11.3 Å². The molecular weight excluding hydrogens is 458 g/mol. The Balaban J connectivity index is 1.89. The predicted molar refractivity (Wildman–Crippen MR) is 140 cm³/mol. The van der Waals surface area contributed by atoms with Crippen molar-refractivity contribution in [2.45, 2.75) is 52.6 Å². The van der Waals surface area contributed by atoms with Gasteiger partial charge in [-0.05, 0) is 54.5 Å². The molecule has 5 nitrogen and oxygen atoms in total. The Bertz CT molecular complexity index is 1280. The van der Waals surface area contributed by atoms with E-state index in [0.29, 0.717) is 18.7 Å². The van der Waals surface area contributed by atoms with Gasteiger partial charge in [0.15, 0.2) is 0 Å². The summed E-state index contributed by atoms with van der Waals surface area (Å²) in [6.07, 6.45) is 0. The molecule has 1 saturated heterocycles. The summed E-state index contributed by atoms with van der Waals surface area (Å²) in [5, 5.41) is 13.5. The number of hydrogen-bond acceptors (Lipinski definition) is 5. The van der Waals surface area contributed by atoms with Crippen LogP contribution < -0.4 is 4.74 Å². The van der Waals surface area contributed by atoms with Gasteiger partial charge in [0.25, 0.3) is 11.7 Å². The third kappa shape index (κ3) is 4.89. The molecule has 182 valence electrons. The first-order valence-corrected chi connectivity index (χ1v) is 12.6. The van der Waals surface area contributed by atoms with E-state index in [1.54, 1.807) is 11.0 Å². The number of nitrogens with zero attached hydrogens (tertiary/aromatic N) is 1.